The fourth-order valence-corrected chi connectivity index (χ4v) is 2.95. The van der Waals surface area contributed by atoms with Crippen molar-refractivity contribution in [3.63, 3.8) is 0 Å². The molecule has 0 aromatic rings. The Morgan fingerprint density at radius 3 is 2.26 bits per heavy atom. The third-order valence-corrected chi connectivity index (χ3v) is 4.25. The van der Waals surface area contributed by atoms with Crippen molar-refractivity contribution in [2.75, 3.05) is 13.2 Å². The molecule has 0 unspecified atom stereocenters. The molecule has 1 rings (SSSR count). The molecule has 0 amide bonds. The van der Waals surface area contributed by atoms with Crippen molar-refractivity contribution in [3.05, 3.63) is 0 Å². The molecular formula is C17H35NO. The first-order chi connectivity index (χ1) is 9.18. The summed E-state index contributed by atoms with van der Waals surface area (Å²) in [7, 11) is 0. The van der Waals surface area contributed by atoms with Crippen LogP contribution in [0.2, 0.25) is 0 Å². The highest BCUT2D eigenvalue weighted by Crippen LogP contribution is 2.30. The summed E-state index contributed by atoms with van der Waals surface area (Å²) in [5, 5.41) is 3.61. The Bertz CT molecular complexity index is 207. The molecule has 1 fully saturated rings. The third kappa shape index (κ3) is 7.31. The second-order valence-electron chi connectivity index (χ2n) is 6.54. The number of nitrogens with one attached hydrogen (secondary N) is 1. The molecule has 1 N–H and O–H groups in total. The van der Waals surface area contributed by atoms with E-state index in [1.807, 2.05) is 0 Å². The highest BCUT2D eigenvalue weighted by molar-refractivity contribution is 4.86. The third-order valence-electron chi connectivity index (χ3n) is 4.25. The van der Waals surface area contributed by atoms with Gasteiger partial charge >= 0.3 is 0 Å². The van der Waals surface area contributed by atoms with Crippen LogP contribution in [-0.4, -0.2) is 24.8 Å². The zero-order valence-electron chi connectivity index (χ0n) is 13.5. The average Bonchev–Trinajstić information content (AvgIpc) is 2.63. The summed E-state index contributed by atoms with van der Waals surface area (Å²) in [4.78, 5) is 0. The summed E-state index contributed by atoms with van der Waals surface area (Å²) in [6.45, 7) is 8.72. The van der Waals surface area contributed by atoms with Gasteiger partial charge < -0.3 is 10.1 Å². The van der Waals surface area contributed by atoms with Gasteiger partial charge in [-0.25, -0.2) is 0 Å². The molecule has 0 aromatic carbocycles. The van der Waals surface area contributed by atoms with E-state index in [4.69, 9.17) is 4.74 Å². The molecule has 2 heteroatoms. The van der Waals surface area contributed by atoms with Crippen molar-refractivity contribution in [1.29, 1.82) is 0 Å². The van der Waals surface area contributed by atoms with Crippen LogP contribution in [0.25, 0.3) is 0 Å². The van der Waals surface area contributed by atoms with Gasteiger partial charge in [-0.3, -0.25) is 0 Å². The molecule has 1 aliphatic carbocycles. The van der Waals surface area contributed by atoms with Crippen LogP contribution in [-0.2, 0) is 4.74 Å². The maximum Gasteiger partial charge on any atom is 0.0806 e. The van der Waals surface area contributed by atoms with E-state index in [1.54, 1.807) is 0 Å². The summed E-state index contributed by atoms with van der Waals surface area (Å²) in [6, 6.07) is 0.559. The van der Waals surface area contributed by atoms with Gasteiger partial charge in [-0.05, 0) is 19.3 Å². The molecule has 1 saturated carbocycles. The fraction of sp³-hybridized carbons (Fsp3) is 1.00. The van der Waals surface area contributed by atoms with Crippen LogP contribution in [0.15, 0.2) is 0 Å². The van der Waals surface area contributed by atoms with Crippen LogP contribution < -0.4 is 5.32 Å². The molecule has 19 heavy (non-hydrogen) atoms. The lowest BCUT2D eigenvalue weighted by atomic mass is 9.93. The SMILES string of the molecule is CCCCCCOC1(CNC(C)C)CCCCCC1. The van der Waals surface area contributed by atoms with Gasteiger partial charge in [0.2, 0.25) is 0 Å². The lowest BCUT2D eigenvalue weighted by Gasteiger charge is -2.34. The van der Waals surface area contributed by atoms with Gasteiger partial charge in [0.1, 0.15) is 0 Å². The number of ether oxygens (including phenoxy) is 1. The summed E-state index contributed by atoms with van der Waals surface area (Å²) in [6.07, 6.45) is 13.2. The van der Waals surface area contributed by atoms with Crippen molar-refractivity contribution < 1.29 is 4.74 Å². The minimum atomic E-state index is 0.132. The summed E-state index contributed by atoms with van der Waals surface area (Å²) < 4.78 is 6.39. The molecule has 1 aliphatic rings. The number of unbranched alkanes of at least 4 members (excludes halogenated alkanes) is 3. The van der Waals surface area contributed by atoms with Crippen molar-refractivity contribution in [1.82, 2.24) is 5.32 Å². The highest BCUT2D eigenvalue weighted by Gasteiger charge is 2.31. The van der Waals surface area contributed by atoms with E-state index in [9.17, 15) is 0 Å². The first-order valence-electron chi connectivity index (χ1n) is 8.56. The predicted molar refractivity (Wildman–Crippen MR) is 83.7 cm³/mol. The highest BCUT2D eigenvalue weighted by atomic mass is 16.5. The Kier molecular flexibility index (Phi) is 8.72. The topological polar surface area (TPSA) is 21.3 Å². The predicted octanol–water partition coefficient (Wildman–Crippen LogP) is 4.67. The zero-order valence-corrected chi connectivity index (χ0v) is 13.5. The van der Waals surface area contributed by atoms with E-state index in [2.05, 4.69) is 26.1 Å². The maximum absolute atomic E-state index is 6.39. The van der Waals surface area contributed by atoms with Gasteiger partial charge in [-0.2, -0.15) is 0 Å². The second-order valence-corrected chi connectivity index (χ2v) is 6.54. The first kappa shape index (κ1) is 17.0. The summed E-state index contributed by atoms with van der Waals surface area (Å²) in [5.41, 5.74) is 0.132. The van der Waals surface area contributed by atoms with Gasteiger partial charge in [0, 0.05) is 19.2 Å². The van der Waals surface area contributed by atoms with E-state index in [1.165, 1.54) is 64.2 Å². The fourth-order valence-electron chi connectivity index (χ4n) is 2.95. The molecule has 0 saturated heterocycles. The molecule has 0 heterocycles. The Hall–Kier alpha value is -0.0800. The number of hydrogen-bond donors (Lipinski definition) is 1. The van der Waals surface area contributed by atoms with Gasteiger partial charge in [0.05, 0.1) is 5.60 Å². The van der Waals surface area contributed by atoms with E-state index in [0.29, 0.717) is 6.04 Å². The second kappa shape index (κ2) is 9.77. The van der Waals surface area contributed by atoms with E-state index >= 15 is 0 Å². The van der Waals surface area contributed by atoms with Crippen LogP contribution in [0, 0.1) is 0 Å². The van der Waals surface area contributed by atoms with Crippen LogP contribution in [0.5, 0.6) is 0 Å². The van der Waals surface area contributed by atoms with Crippen LogP contribution in [0.1, 0.15) is 85.0 Å². The molecule has 0 radical (unpaired) electrons. The minimum Gasteiger partial charge on any atom is -0.374 e. The van der Waals surface area contributed by atoms with E-state index in [0.717, 1.165) is 13.2 Å². The number of hydrogen-bond acceptors (Lipinski definition) is 2. The monoisotopic (exact) mass is 269 g/mol. The Morgan fingerprint density at radius 2 is 1.68 bits per heavy atom. The summed E-state index contributed by atoms with van der Waals surface area (Å²) in [5.74, 6) is 0. The standard InChI is InChI=1S/C17H35NO/c1-4-5-6-11-14-19-17(15-18-16(2)3)12-9-7-8-10-13-17/h16,18H,4-15H2,1-3H3. The zero-order chi connectivity index (χ0) is 14.0. The number of rotatable bonds is 9. The molecule has 114 valence electrons. The van der Waals surface area contributed by atoms with Crippen molar-refractivity contribution >= 4 is 0 Å². The molecule has 0 bridgehead atoms. The average molecular weight is 269 g/mol. The van der Waals surface area contributed by atoms with Gasteiger partial charge in [0.25, 0.3) is 0 Å². The first-order valence-corrected chi connectivity index (χ1v) is 8.56. The van der Waals surface area contributed by atoms with E-state index < -0.39 is 0 Å². The quantitative estimate of drug-likeness (QED) is 0.485. The van der Waals surface area contributed by atoms with Gasteiger partial charge in [-0.15, -0.1) is 0 Å². The van der Waals surface area contributed by atoms with Gasteiger partial charge in [-0.1, -0.05) is 65.7 Å². The maximum atomic E-state index is 6.39. The molecule has 0 aromatic heterocycles. The lowest BCUT2D eigenvalue weighted by Crippen LogP contribution is -2.45. The molecule has 0 atom stereocenters. The minimum absolute atomic E-state index is 0.132. The molecule has 0 aliphatic heterocycles. The molecule has 0 spiro atoms. The lowest BCUT2D eigenvalue weighted by molar-refractivity contribution is -0.0572. The Labute approximate surface area is 120 Å². The Balaban J connectivity index is 2.38. The van der Waals surface area contributed by atoms with Crippen LogP contribution in [0.4, 0.5) is 0 Å². The smallest absolute Gasteiger partial charge is 0.0806 e. The Morgan fingerprint density at radius 1 is 1.00 bits per heavy atom. The summed E-state index contributed by atoms with van der Waals surface area (Å²) >= 11 is 0. The van der Waals surface area contributed by atoms with Crippen molar-refractivity contribution in [2.24, 2.45) is 0 Å². The van der Waals surface area contributed by atoms with E-state index in [-0.39, 0.29) is 5.60 Å². The van der Waals surface area contributed by atoms with Crippen LogP contribution >= 0.6 is 0 Å². The van der Waals surface area contributed by atoms with Crippen molar-refractivity contribution in [2.45, 2.75) is 96.6 Å². The largest absolute Gasteiger partial charge is 0.374 e. The van der Waals surface area contributed by atoms with Crippen molar-refractivity contribution in [3.8, 4) is 0 Å². The van der Waals surface area contributed by atoms with Crippen LogP contribution in [0.3, 0.4) is 0 Å². The molecule has 2 nitrogen and oxygen atoms in total. The van der Waals surface area contributed by atoms with Gasteiger partial charge in [0.15, 0.2) is 0 Å². The normalized spacial score (nSPS) is 19.6. The molecular weight excluding hydrogens is 234 g/mol.